The summed E-state index contributed by atoms with van der Waals surface area (Å²) < 4.78 is 5.29. The standard InChI is InChI=1S/C16H19NO3/c1-10-14(12(3)18)11(2)17-15(10)16(19)20-9-13-7-5-4-6-8-13/h4-8,12,17-18H,9H2,1-3H3/t12-/m0/s1. The highest BCUT2D eigenvalue weighted by molar-refractivity contribution is 5.89. The number of esters is 1. The summed E-state index contributed by atoms with van der Waals surface area (Å²) >= 11 is 0. The molecule has 4 nitrogen and oxygen atoms in total. The largest absolute Gasteiger partial charge is 0.456 e. The molecule has 0 unspecified atom stereocenters. The van der Waals surface area contributed by atoms with Crippen LogP contribution < -0.4 is 0 Å². The van der Waals surface area contributed by atoms with E-state index in [4.69, 9.17) is 4.74 Å². The molecule has 0 amide bonds. The third-order valence-electron chi connectivity index (χ3n) is 3.33. The number of aromatic amines is 1. The summed E-state index contributed by atoms with van der Waals surface area (Å²) in [5.41, 5.74) is 3.66. The molecule has 0 bridgehead atoms. The van der Waals surface area contributed by atoms with E-state index >= 15 is 0 Å². The summed E-state index contributed by atoms with van der Waals surface area (Å²) in [7, 11) is 0. The molecular weight excluding hydrogens is 254 g/mol. The van der Waals surface area contributed by atoms with E-state index in [2.05, 4.69) is 4.98 Å². The molecule has 106 valence electrons. The molecule has 0 aliphatic rings. The lowest BCUT2D eigenvalue weighted by Crippen LogP contribution is -2.07. The molecule has 0 saturated heterocycles. The Labute approximate surface area is 118 Å². The average Bonchev–Trinajstić information content (AvgIpc) is 2.72. The van der Waals surface area contributed by atoms with Crippen LogP contribution in [-0.4, -0.2) is 16.1 Å². The summed E-state index contributed by atoms with van der Waals surface area (Å²) in [5, 5.41) is 9.72. The van der Waals surface area contributed by atoms with Crippen LogP contribution in [0.5, 0.6) is 0 Å². The number of hydrogen-bond acceptors (Lipinski definition) is 3. The number of H-pyrrole nitrogens is 1. The van der Waals surface area contributed by atoms with Gasteiger partial charge in [-0.15, -0.1) is 0 Å². The van der Waals surface area contributed by atoms with Gasteiger partial charge < -0.3 is 14.8 Å². The van der Waals surface area contributed by atoms with Gasteiger partial charge >= 0.3 is 5.97 Å². The van der Waals surface area contributed by atoms with Gasteiger partial charge in [-0.3, -0.25) is 0 Å². The van der Waals surface area contributed by atoms with Crippen LogP contribution in [0.25, 0.3) is 0 Å². The van der Waals surface area contributed by atoms with Crippen LogP contribution in [0.15, 0.2) is 30.3 Å². The van der Waals surface area contributed by atoms with Crippen molar-refractivity contribution in [1.82, 2.24) is 4.98 Å². The van der Waals surface area contributed by atoms with Crippen molar-refractivity contribution in [3.8, 4) is 0 Å². The van der Waals surface area contributed by atoms with Crippen LogP contribution >= 0.6 is 0 Å². The first-order valence-corrected chi connectivity index (χ1v) is 6.59. The van der Waals surface area contributed by atoms with E-state index in [1.165, 1.54) is 0 Å². The number of benzene rings is 1. The number of nitrogens with one attached hydrogen (secondary N) is 1. The van der Waals surface area contributed by atoms with Gasteiger partial charge in [0.25, 0.3) is 0 Å². The maximum absolute atomic E-state index is 12.1. The number of ether oxygens (including phenoxy) is 1. The van der Waals surface area contributed by atoms with Crippen molar-refractivity contribution in [2.75, 3.05) is 0 Å². The fraction of sp³-hybridized carbons (Fsp3) is 0.312. The molecule has 1 aromatic carbocycles. The van der Waals surface area contributed by atoms with Crippen molar-refractivity contribution in [2.45, 2.75) is 33.5 Å². The lowest BCUT2D eigenvalue weighted by atomic mass is 10.1. The molecule has 0 spiro atoms. The number of hydrogen-bond donors (Lipinski definition) is 2. The predicted molar refractivity (Wildman–Crippen MR) is 76.5 cm³/mol. The number of carbonyl (C=O) groups excluding carboxylic acids is 1. The third-order valence-corrected chi connectivity index (χ3v) is 3.33. The van der Waals surface area contributed by atoms with Gasteiger partial charge in [-0.1, -0.05) is 30.3 Å². The second-order valence-corrected chi connectivity index (χ2v) is 4.90. The lowest BCUT2D eigenvalue weighted by Gasteiger charge is -2.06. The first-order chi connectivity index (χ1) is 9.50. The summed E-state index contributed by atoms with van der Waals surface area (Å²) in [6.07, 6.45) is -0.609. The molecule has 20 heavy (non-hydrogen) atoms. The third kappa shape index (κ3) is 2.91. The highest BCUT2D eigenvalue weighted by atomic mass is 16.5. The highest BCUT2D eigenvalue weighted by Gasteiger charge is 2.20. The summed E-state index contributed by atoms with van der Waals surface area (Å²) in [6.45, 7) is 5.57. The van der Waals surface area contributed by atoms with Crippen molar-refractivity contribution in [3.05, 3.63) is 58.4 Å². The predicted octanol–water partition coefficient (Wildman–Crippen LogP) is 3.04. The zero-order chi connectivity index (χ0) is 14.7. The fourth-order valence-electron chi connectivity index (χ4n) is 2.39. The van der Waals surface area contributed by atoms with Crippen molar-refractivity contribution in [3.63, 3.8) is 0 Å². The molecular formula is C16H19NO3. The van der Waals surface area contributed by atoms with Gasteiger partial charge in [-0.25, -0.2) is 4.79 Å². The van der Waals surface area contributed by atoms with E-state index in [-0.39, 0.29) is 6.61 Å². The minimum atomic E-state index is -0.609. The molecule has 1 aromatic heterocycles. The van der Waals surface area contributed by atoms with Crippen LogP contribution in [0.4, 0.5) is 0 Å². The SMILES string of the molecule is Cc1[nH]c(C(=O)OCc2ccccc2)c(C)c1[C@H](C)O. The molecule has 1 atom stereocenters. The summed E-state index contributed by atoms with van der Waals surface area (Å²) in [4.78, 5) is 15.1. The molecule has 4 heteroatoms. The lowest BCUT2D eigenvalue weighted by molar-refractivity contribution is 0.0465. The molecule has 1 heterocycles. The van der Waals surface area contributed by atoms with E-state index in [9.17, 15) is 9.90 Å². The summed E-state index contributed by atoms with van der Waals surface area (Å²) in [5.74, 6) is -0.402. The minimum absolute atomic E-state index is 0.237. The number of aliphatic hydroxyl groups is 1. The van der Waals surface area contributed by atoms with Crippen molar-refractivity contribution in [1.29, 1.82) is 0 Å². The smallest absolute Gasteiger partial charge is 0.355 e. The van der Waals surface area contributed by atoms with E-state index in [1.54, 1.807) is 6.92 Å². The first-order valence-electron chi connectivity index (χ1n) is 6.59. The monoisotopic (exact) mass is 273 g/mol. The molecule has 0 radical (unpaired) electrons. The molecule has 2 N–H and O–H groups in total. The Bertz CT molecular complexity index is 600. The van der Waals surface area contributed by atoms with E-state index in [1.807, 2.05) is 44.2 Å². The van der Waals surface area contributed by atoms with Gasteiger partial charge in [0, 0.05) is 11.3 Å². The molecule has 0 aliphatic heterocycles. The Morgan fingerprint density at radius 2 is 1.95 bits per heavy atom. The molecule has 2 aromatic rings. The Hall–Kier alpha value is -2.07. The molecule has 0 saturated carbocycles. The number of rotatable bonds is 4. The van der Waals surface area contributed by atoms with Crippen LogP contribution in [-0.2, 0) is 11.3 Å². The minimum Gasteiger partial charge on any atom is -0.456 e. The fourth-order valence-corrected chi connectivity index (χ4v) is 2.39. The van der Waals surface area contributed by atoms with Crippen LogP contribution in [0.2, 0.25) is 0 Å². The van der Waals surface area contributed by atoms with Crippen molar-refractivity contribution >= 4 is 5.97 Å². The maximum Gasteiger partial charge on any atom is 0.355 e. The van der Waals surface area contributed by atoms with Crippen LogP contribution in [0, 0.1) is 13.8 Å². The van der Waals surface area contributed by atoms with Gasteiger partial charge in [-0.2, -0.15) is 0 Å². The average molecular weight is 273 g/mol. The zero-order valence-corrected chi connectivity index (χ0v) is 11.9. The number of aromatic nitrogens is 1. The van der Waals surface area contributed by atoms with Crippen LogP contribution in [0.3, 0.4) is 0 Å². The zero-order valence-electron chi connectivity index (χ0n) is 11.9. The second-order valence-electron chi connectivity index (χ2n) is 4.90. The van der Waals surface area contributed by atoms with Crippen molar-refractivity contribution in [2.24, 2.45) is 0 Å². The normalized spacial score (nSPS) is 12.2. The van der Waals surface area contributed by atoms with E-state index < -0.39 is 12.1 Å². The van der Waals surface area contributed by atoms with Gasteiger partial charge in [-0.05, 0) is 31.9 Å². The second kappa shape index (κ2) is 5.92. The van der Waals surface area contributed by atoms with Gasteiger partial charge in [0.2, 0.25) is 0 Å². The van der Waals surface area contributed by atoms with Crippen LogP contribution in [0.1, 0.15) is 45.9 Å². The topological polar surface area (TPSA) is 62.3 Å². The van der Waals surface area contributed by atoms with Gasteiger partial charge in [0.15, 0.2) is 0 Å². The van der Waals surface area contributed by atoms with Gasteiger partial charge in [0.05, 0.1) is 6.10 Å². The first kappa shape index (κ1) is 14.3. The highest BCUT2D eigenvalue weighted by Crippen LogP contribution is 2.25. The Morgan fingerprint density at radius 1 is 1.30 bits per heavy atom. The van der Waals surface area contributed by atoms with Gasteiger partial charge in [0.1, 0.15) is 12.3 Å². The Kier molecular flexibility index (Phi) is 4.25. The number of aryl methyl sites for hydroxylation is 1. The summed E-state index contributed by atoms with van der Waals surface area (Å²) in [6, 6.07) is 9.53. The molecule has 0 fully saturated rings. The quantitative estimate of drug-likeness (QED) is 0.842. The number of aliphatic hydroxyl groups excluding tert-OH is 1. The maximum atomic E-state index is 12.1. The Balaban J connectivity index is 2.12. The van der Waals surface area contributed by atoms with E-state index in [0.717, 1.165) is 22.4 Å². The molecule has 2 rings (SSSR count). The number of carbonyl (C=O) groups is 1. The van der Waals surface area contributed by atoms with Crippen molar-refractivity contribution < 1.29 is 14.6 Å². The van der Waals surface area contributed by atoms with E-state index in [0.29, 0.717) is 5.69 Å². The Morgan fingerprint density at radius 3 is 2.50 bits per heavy atom. The molecule has 0 aliphatic carbocycles.